The summed E-state index contributed by atoms with van der Waals surface area (Å²) in [6, 6.07) is 5.63. The van der Waals surface area contributed by atoms with Crippen LogP contribution in [0.25, 0.3) is 0 Å². The fourth-order valence-corrected chi connectivity index (χ4v) is 2.50. The van der Waals surface area contributed by atoms with Gasteiger partial charge in [-0.15, -0.1) is 0 Å². The average Bonchev–Trinajstić information content (AvgIpc) is 2.28. The van der Waals surface area contributed by atoms with E-state index in [1.54, 1.807) is 11.9 Å². The summed E-state index contributed by atoms with van der Waals surface area (Å²) in [5.41, 5.74) is 1.69. The van der Waals surface area contributed by atoms with Crippen molar-refractivity contribution in [3.05, 3.63) is 33.8 Å². The van der Waals surface area contributed by atoms with Crippen LogP contribution in [0.15, 0.2) is 22.7 Å². The quantitative estimate of drug-likeness (QED) is 0.782. The zero-order chi connectivity index (χ0) is 11.7. The third-order valence-electron chi connectivity index (χ3n) is 2.98. The van der Waals surface area contributed by atoms with E-state index in [2.05, 4.69) is 15.9 Å². The van der Waals surface area contributed by atoms with Gasteiger partial charge in [0.2, 0.25) is 6.41 Å². The minimum absolute atomic E-state index is 0.0164. The average molecular weight is 282 g/mol. The van der Waals surface area contributed by atoms with Gasteiger partial charge in [0.25, 0.3) is 0 Å². The number of benzene rings is 1. The number of halogens is 1. The number of carbonyl (C=O) groups excluding carboxylic acids is 2. The third-order valence-corrected chi connectivity index (χ3v) is 3.47. The summed E-state index contributed by atoms with van der Waals surface area (Å²) in [5.74, 6) is 0.165. The molecule has 0 radical (unpaired) electrons. The van der Waals surface area contributed by atoms with Crippen molar-refractivity contribution in [3.63, 3.8) is 0 Å². The molecule has 0 bridgehead atoms. The molecule has 0 saturated carbocycles. The molecule has 16 heavy (non-hydrogen) atoms. The first-order valence-corrected chi connectivity index (χ1v) is 5.92. The van der Waals surface area contributed by atoms with Gasteiger partial charge in [0.05, 0.1) is 6.04 Å². The summed E-state index contributed by atoms with van der Waals surface area (Å²) in [6.45, 7) is 0. The summed E-state index contributed by atoms with van der Waals surface area (Å²) >= 11 is 3.39. The van der Waals surface area contributed by atoms with Gasteiger partial charge in [-0.2, -0.15) is 0 Å². The van der Waals surface area contributed by atoms with Gasteiger partial charge >= 0.3 is 0 Å². The normalized spacial score (nSPS) is 19.1. The van der Waals surface area contributed by atoms with Crippen LogP contribution in [-0.2, 0) is 4.79 Å². The highest BCUT2D eigenvalue weighted by molar-refractivity contribution is 9.10. The molecule has 0 N–H and O–H groups in total. The lowest BCUT2D eigenvalue weighted by molar-refractivity contribution is -0.119. The van der Waals surface area contributed by atoms with Gasteiger partial charge < -0.3 is 4.90 Å². The van der Waals surface area contributed by atoms with Crippen LogP contribution < -0.4 is 0 Å². The monoisotopic (exact) mass is 281 g/mol. The molecule has 0 unspecified atom stereocenters. The second-order valence-electron chi connectivity index (χ2n) is 3.98. The van der Waals surface area contributed by atoms with Crippen molar-refractivity contribution >= 4 is 28.1 Å². The van der Waals surface area contributed by atoms with Crippen LogP contribution >= 0.6 is 15.9 Å². The van der Waals surface area contributed by atoms with Crippen molar-refractivity contribution < 1.29 is 9.59 Å². The first kappa shape index (κ1) is 11.3. The molecule has 0 saturated heterocycles. The van der Waals surface area contributed by atoms with Gasteiger partial charge in [-0.3, -0.25) is 9.59 Å². The third kappa shape index (κ3) is 1.89. The van der Waals surface area contributed by atoms with Gasteiger partial charge in [0.1, 0.15) is 0 Å². The lowest BCUT2D eigenvalue weighted by atomic mass is 9.86. The Morgan fingerprint density at radius 3 is 2.94 bits per heavy atom. The molecule has 84 valence electrons. The highest BCUT2D eigenvalue weighted by Gasteiger charge is 2.27. The summed E-state index contributed by atoms with van der Waals surface area (Å²) in [4.78, 5) is 24.2. The Hall–Kier alpha value is -1.16. The minimum atomic E-state index is 0.0164. The number of rotatable bonds is 2. The predicted octanol–water partition coefficient (Wildman–Crippen LogP) is 2.55. The lowest BCUT2D eigenvalue weighted by Crippen LogP contribution is -2.28. The van der Waals surface area contributed by atoms with Crippen LogP contribution in [0.5, 0.6) is 0 Å². The topological polar surface area (TPSA) is 37.4 Å². The zero-order valence-electron chi connectivity index (χ0n) is 8.94. The van der Waals surface area contributed by atoms with Gasteiger partial charge in [-0.25, -0.2) is 0 Å². The number of nitrogens with zero attached hydrogens (tertiary/aromatic N) is 1. The molecule has 1 aromatic rings. The maximum absolute atomic E-state index is 11.7. The first-order valence-electron chi connectivity index (χ1n) is 5.13. The van der Waals surface area contributed by atoms with E-state index in [-0.39, 0.29) is 11.8 Å². The Balaban J connectivity index is 2.49. The Morgan fingerprint density at radius 1 is 1.50 bits per heavy atom. The van der Waals surface area contributed by atoms with Crippen LogP contribution in [0.3, 0.4) is 0 Å². The molecule has 2 rings (SSSR count). The number of ketones is 1. The maximum Gasteiger partial charge on any atom is 0.209 e. The molecule has 0 heterocycles. The molecule has 1 aliphatic rings. The molecule has 4 heteroatoms. The van der Waals surface area contributed by atoms with Gasteiger partial charge in [-0.1, -0.05) is 15.9 Å². The summed E-state index contributed by atoms with van der Waals surface area (Å²) in [6.07, 6.45) is 2.03. The number of fused-ring (bicyclic) bond motifs is 1. The molecule has 1 atom stereocenters. The van der Waals surface area contributed by atoms with Crippen molar-refractivity contribution in [2.45, 2.75) is 18.9 Å². The van der Waals surface area contributed by atoms with E-state index in [1.807, 2.05) is 18.2 Å². The van der Waals surface area contributed by atoms with Crippen LogP contribution in [0.2, 0.25) is 0 Å². The van der Waals surface area contributed by atoms with E-state index in [1.165, 1.54) is 0 Å². The highest BCUT2D eigenvalue weighted by atomic mass is 79.9. The number of hydrogen-bond donors (Lipinski definition) is 0. The van der Waals surface area contributed by atoms with Crippen LogP contribution in [0.4, 0.5) is 0 Å². The van der Waals surface area contributed by atoms with E-state index in [4.69, 9.17) is 0 Å². The van der Waals surface area contributed by atoms with E-state index >= 15 is 0 Å². The van der Waals surface area contributed by atoms with Gasteiger partial charge in [0.15, 0.2) is 5.78 Å². The smallest absolute Gasteiger partial charge is 0.209 e. The number of amides is 1. The molecule has 0 aromatic heterocycles. The molecular formula is C12H12BrNO2. The predicted molar refractivity (Wildman–Crippen MR) is 64.3 cm³/mol. The lowest BCUT2D eigenvalue weighted by Gasteiger charge is -2.30. The Labute approximate surface area is 103 Å². The fraction of sp³-hybridized carbons (Fsp3) is 0.333. The highest BCUT2D eigenvalue weighted by Crippen LogP contribution is 2.34. The zero-order valence-corrected chi connectivity index (χ0v) is 10.5. The number of hydrogen-bond acceptors (Lipinski definition) is 2. The van der Waals surface area contributed by atoms with Crippen LogP contribution in [-0.4, -0.2) is 24.1 Å². The fourth-order valence-electron chi connectivity index (χ4n) is 2.12. The minimum Gasteiger partial charge on any atom is -0.341 e. The number of Topliss-reactive ketones (excluding diaryl/α,β-unsaturated/α-hetero) is 1. The van der Waals surface area contributed by atoms with Gasteiger partial charge in [-0.05, 0) is 30.2 Å². The van der Waals surface area contributed by atoms with Crippen molar-refractivity contribution in [3.8, 4) is 0 Å². The van der Waals surface area contributed by atoms with Crippen molar-refractivity contribution in [2.75, 3.05) is 7.05 Å². The molecule has 0 fully saturated rings. The van der Waals surface area contributed by atoms with Gasteiger partial charge in [0, 0.05) is 23.5 Å². The van der Waals surface area contributed by atoms with E-state index in [0.29, 0.717) is 12.8 Å². The summed E-state index contributed by atoms with van der Waals surface area (Å²) in [5, 5.41) is 0. The standard InChI is InChI=1S/C12H12BrNO2/c1-14(7-15)11-4-5-12(16)9-3-2-8(13)6-10(9)11/h2-3,6-7,11H,4-5H2,1H3/t11-/m1/s1. The van der Waals surface area contributed by atoms with E-state index < -0.39 is 0 Å². The molecular weight excluding hydrogens is 270 g/mol. The molecule has 0 aliphatic heterocycles. The largest absolute Gasteiger partial charge is 0.341 e. The summed E-state index contributed by atoms with van der Waals surface area (Å²) in [7, 11) is 1.75. The van der Waals surface area contributed by atoms with E-state index in [9.17, 15) is 9.59 Å². The van der Waals surface area contributed by atoms with E-state index in [0.717, 1.165) is 22.0 Å². The van der Waals surface area contributed by atoms with Crippen molar-refractivity contribution in [1.29, 1.82) is 0 Å². The molecule has 1 aliphatic carbocycles. The first-order chi connectivity index (χ1) is 7.63. The van der Waals surface area contributed by atoms with Crippen LogP contribution in [0, 0.1) is 0 Å². The Morgan fingerprint density at radius 2 is 2.25 bits per heavy atom. The van der Waals surface area contributed by atoms with Crippen LogP contribution in [0.1, 0.15) is 34.8 Å². The second-order valence-corrected chi connectivity index (χ2v) is 4.90. The molecule has 0 spiro atoms. The Bertz CT molecular complexity index is 445. The van der Waals surface area contributed by atoms with Crippen molar-refractivity contribution in [1.82, 2.24) is 4.90 Å². The SMILES string of the molecule is CN(C=O)[C@@H]1CCC(=O)c2ccc(Br)cc21. The molecule has 1 aromatic carbocycles. The number of carbonyl (C=O) groups is 2. The Kier molecular flexibility index (Phi) is 3.10. The maximum atomic E-state index is 11.7. The molecule has 1 amide bonds. The second kappa shape index (κ2) is 4.37. The van der Waals surface area contributed by atoms with Crippen molar-refractivity contribution in [2.24, 2.45) is 0 Å². The summed E-state index contributed by atoms with van der Waals surface area (Å²) < 4.78 is 0.935. The molecule has 3 nitrogen and oxygen atoms in total.